The Morgan fingerprint density at radius 1 is 1.26 bits per heavy atom. The summed E-state index contributed by atoms with van der Waals surface area (Å²) >= 11 is 6.16. The van der Waals surface area contributed by atoms with E-state index in [0.717, 1.165) is 56.0 Å². The molecule has 0 bridgehead atoms. The number of aromatic nitrogens is 2. The summed E-state index contributed by atoms with van der Waals surface area (Å²) in [5.41, 5.74) is 2.15. The van der Waals surface area contributed by atoms with Crippen LogP contribution in [0.2, 0.25) is 5.02 Å². The topological polar surface area (TPSA) is 58.1 Å². The average molecular weight is 387 g/mol. The summed E-state index contributed by atoms with van der Waals surface area (Å²) in [7, 11) is 0. The van der Waals surface area contributed by atoms with Gasteiger partial charge in [0, 0.05) is 42.3 Å². The van der Waals surface area contributed by atoms with E-state index in [1.807, 2.05) is 37.4 Å². The predicted octanol–water partition coefficient (Wildman–Crippen LogP) is 3.92. The van der Waals surface area contributed by atoms with Crippen molar-refractivity contribution >= 4 is 23.3 Å². The number of nitrogens with one attached hydrogen (secondary N) is 1. The molecule has 1 aliphatic rings. The Kier molecular flexibility index (Phi) is 6.67. The summed E-state index contributed by atoms with van der Waals surface area (Å²) in [5, 5.41) is 3.73. The van der Waals surface area contributed by atoms with Crippen LogP contribution in [-0.2, 0) is 17.8 Å². The molecule has 1 N–H and O–H groups in total. The van der Waals surface area contributed by atoms with E-state index >= 15 is 0 Å². The number of amides is 1. The van der Waals surface area contributed by atoms with E-state index in [1.54, 1.807) is 0 Å². The van der Waals surface area contributed by atoms with Crippen molar-refractivity contribution in [3.05, 3.63) is 52.4 Å². The monoisotopic (exact) mass is 386 g/mol. The SMILES string of the molecule is CCCc1cnc(C)nc1N1CCC(C(=O)NCc2ccccc2Cl)CC1. The van der Waals surface area contributed by atoms with E-state index in [-0.39, 0.29) is 11.8 Å². The molecule has 1 aliphatic heterocycles. The highest BCUT2D eigenvalue weighted by Crippen LogP contribution is 2.26. The number of halogens is 1. The molecule has 0 radical (unpaired) electrons. The lowest BCUT2D eigenvalue weighted by molar-refractivity contribution is -0.125. The molecule has 6 heteroatoms. The Hall–Kier alpha value is -2.14. The van der Waals surface area contributed by atoms with Crippen molar-refractivity contribution in [2.45, 2.75) is 46.1 Å². The molecule has 1 fully saturated rings. The van der Waals surface area contributed by atoms with Crippen LogP contribution in [0, 0.1) is 12.8 Å². The van der Waals surface area contributed by atoms with E-state index in [9.17, 15) is 4.79 Å². The van der Waals surface area contributed by atoms with Gasteiger partial charge in [0.2, 0.25) is 5.91 Å². The molecule has 2 heterocycles. The number of carbonyl (C=O) groups excluding carboxylic acids is 1. The van der Waals surface area contributed by atoms with Crippen LogP contribution in [-0.4, -0.2) is 29.0 Å². The summed E-state index contributed by atoms with van der Waals surface area (Å²) in [5.74, 6) is 1.99. The summed E-state index contributed by atoms with van der Waals surface area (Å²) in [6.45, 7) is 6.26. The Balaban J connectivity index is 1.56. The molecule has 0 aliphatic carbocycles. The molecule has 1 amide bonds. The van der Waals surface area contributed by atoms with Gasteiger partial charge in [0.1, 0.15) is 11.6 Å². The van der Waals surface area contributed by atoms with Gasteiger partial charge in [-0.2, -0.15) is 0 Å². The summed E-state index contributed by atoms with van der Waals surface area (Å²) < 4.78 is 0. The largest absolute Gasteiger partial charge is 0.356 e. The van der Waals surface area contributed by atoms with Gasteiger partial charge in [0.05, 0.1) is 0 Å². The van der Waals surface area contributed by atoms with Crippen LogP contribution in [0.3, 0.4) is 0 Å². The second-order valence-corrected chi connectivity index (χ2v) is 7.49. The third kappa shape index (κ3) is 4.98. The first-order valence-electron chi connectivity index (χ1n) is 9.67. The normalized spacial score (nSPS) is 15.0. The number of carbonyl (C=O) groups is 1. The van der Waals surface area contributed by atoms with Gasteiger partial charge in [-0.3, -0.25) is 4.79 Å². The zero-order chi connectivity index (χ0) is 19.2. The van der Waals surface area contributed by atoms with Crippen LogP contribution in [0.25, 0.3) is 0 Å². The third-order valence-electron chi connectivity index (χ3n) is 5.06. The lowest BCUT2D eigenvalue weighted by Crippen LogP contribution is -2.41. The maximum atomic E-state index is 12.6. The Bertz CT molecular complexity index is 788. The fraction of sp³-hybridized carbons (Fsp3) is 0.476. The minimum atomic E-state index is 0.0429. The van der Waals surface area contributed by atoms with Crippen LogP contribution in [0.5, 0.6) is 0 Å². The molecule has 0 spiro atoms. The first kappa shape index (κ1) is 19.6. The molecular weight excluding hydrogens is 360 g/mol. The highest BCUT2D eigenvalue weighted by molar-refractivity contribution is 6.31. The first-order valence-corrected chi connectivity index (χ1v) is 10.0. The van der Waals surface area contributed by atoms with Gasteiger partial charge in [-0.25, -0.2) is 9.97 Å². The van der Waals surface area contributed by atoms with Crippen molar-refractivity contribution in [3.63, 3.8) is 0 Å². The molecule has 3 rings (SSSR count). The van der Waals surface area contributed by atoms with Crippen LogP contribution < -0.4 is 10.2 Å². The Morgan fingerprint density at radius 3 is 2.70 bits per heavy atom. The van der Waals surface area contributed by atoms with Gasteiger partial charge >= 0.3 is 0 Å². The standard InChI is InChI=1S/C21H27ClN4O/c1-3-6-18-14-23-15(2)25-20(18)26-11-9-16(10-12-26)21(27)24-13-17-7-4-5-8-19(17)22/h4-5,7-8,14,16H,3,6,9-13H2,1-2H3,(H,24,27). The minimum Gasteiger partial charge on any atom is -0.356 e. The minimum absolute atomic E-state index is 0.0429. The number of benzene rings is 1. The van der Waals surface area contributed by atoms with Crippen molar-refractivity contribution in [2.24, 2.45) is 5.92 Å². The first-order chi connectivity index (χ1) is 13.1. The van der Waals surface area contributed by atoms with Gasteiger partial charge in [-0.15, -0.1) is 0 Å². The van der Waals surface area contributed by atoms with E-state index < -0.39 is 0 Å². The molecule has 2 aromatic rings. The molecule has 0 saturated carbocycles. The molecule has 27 heavy (non-hydrogen) atoms. The zero-order valence-corrected chi connectivity index (χ0v) is 16.8. The molecular formula is C21H27ClN4O. The third-order valence-corrected chi connectivity index (χ3v) is 5.43. The van der Waals surface area contributed by atoms with Crippen LogP contribution >= 0.6 is 11.6 Å². The summed E-state index contributed by atoms with van der Waals surface area (Å²) in [4.78, 5) is 23.9. The van der Waals surface area contributed by atoms with Gasteiger partial charge in [-0.05, 0) is 37.8 Å². The quantitative estimate of drug-likeness (QED) is 0.817. The fourth-order valence-electron chi connectivity index (χ4n) is 3.52. The molecule has 1 aromatic heterocycles. The number of aryl methyl sites for hydroxylation is 2. The smallest absolute Gasteiger partial charge is 0.223 e. The summed E-state index contributed by atoms with van der Waals surface area (Å²) in [6.07, 6.45) is 5.67. The second kappa shape index (κ2) is 9.18. The lowest BCUT2D eigenvalue weighted by atomic mass is 9.95. The van der Waals surface area contributed by atoms with E-state index in [0.29, 0.717) is 11.6 Å². The van der Waals surface area contributed by atoms with Crippen LogP contribution in [0.1, 0.15) is 43.1 Å². The molecule has 0 atom stereocenters. The Morgan fingerprint density at radius 2 is 2.00 bits per heavy atom. The number of rotatable bonds is 6. The number of hydrogen-bond acceptors (Lipinski definition) is 4. The van der Waals surface area contributed by atoms with E-state index in [2.05, 4.69) is 27.1 Å². The average Bonchev–Trinajstić information content (AvgIpc) is 2.69. The molecule has 144 valence electrons. The summed E-state index contributed by atoms with van der Waals surface area (Å²) in [6, 6.07) is 7.62. The van der Waals surface area contributed by atoms with Gasteiger partial charge in [-0.1, -0.05) is 43.1 Å². The van der Waals surface area contributed by atoms with Crippen LogP contribution in [0.15, 0.2) is 30.5 Å². The fourth-order valence-corrected chi connectivity index (χ4v) is 3.73. The highest BCUT2D eigenvalue weighted by Gasteiger charge is 2.26. The Labute approximate surface area is 166 Å². The molecule has 0 unspecified atom stereocenters. The second-order valence-electron chi connectivity index (χ2n) is 7.09. The number of nitrogens with zero attached hydrogens (tertiary/aromatic N) is 3. The van der Waals surface area contributed by atoms with E-state index in [1.165, 1.54) is 5.56 Å². The van der Waals surface area contributed by atoms with Crippen molar-refractivity contribution < 1.29 is 4.79 Å². The van der Waals surface area contributed by atoms with E-state index in [4.69, 9.17) is 11.6 Å². The molecule has 1 saturated heterocycles. The van der Waals surface area contributed by atoms with Crippen molar-refractivity contribution in [3.8, 4) is 0 Å². The number of piperidine rings is 1. The number of anilines is 1. The molecule has 1 aromatic carbocycles. The maximum absolute atomic E-state index is 12.6. The van der Waals surface area contributed by atoms with Gasteiger partial charge in [0.25, 0.3) is 0 Å². The van der Waals surface area contributed by atoms with Crippen molar-refractivity contribution in [1.82, 2.24) is 15.3 Å². The zero-order valence-electron chi connectivity index (χ0n) is 16.0. The van der Waals surface area contributed by atoms with Gasteiger partial charge < -0.3 is 10.2 Å². The van der Waals surface area contributed by atoms with Crippen LogP contribution in [0.4, 0.5) is 5.82 Å². The molecule has 5 nitrogen and oxygen atoms in total. The van der Waals surface area contributed by atoms with Gasteiger partial charge in [0.15, 0.2) is 0 Å². The number of hydrogen-bond donors (Lipinski definition) is 1. The van der Waals surface area contributed by atoms with Crippen molar-refractivity contribution in [1.29, 1.82) is 0 Å². The lowest BCUT2D eigenvalue weighted by Gasteiger charge is -2.33. The highest BCUT2D eigenvalue weighted by atomic mass is 35.5. The predicted molar refractivity (Wildman–Crippen MR) is 109 cm³/mol. The van der Waals surface area contributed by atoms with Crippen molar-refractivity contribution in [2.75, 3.05) is 18.0 Å². The maximum Gasteiger partial charge on any atom is 0.223 e.